The molecule has 0 aromatic carbocycles. The number of aliphatic carboxylic acids is 1. The Balaban J connectivity index is 2.63. The van der Waals surface area contributed by atoms with Crippen LogP contribution in [0.15, 0.2) is 18.5 Å². The molecule has 0 spiro atoms. The Morgan fingerprint density at radius 2 is 2.11 bits per heavy atom. The summed E-state index contributed by atoms with van der Waals surface area (Å²) in [4.78, 5) is 26.7. The van der Waals surface area contributed by atoms with Crippen molar-refractivity contribution in [1.82, 2.24) is 10.3 Å². The van der Waals surface area contributed by atoms with Crippen LogP contribution in [0.2, 0.25) is 0 Å². The number of urea groups is 1. The molecule has 2 amide bonds. The Labute approximate surface area is 112 Å². The van der Waals surface area contributed by atoms with Gasteiger partial charge in [0, 0.05) is 6.20 Å². The van der Waals surface area contributed by atoms with Crippen LogP contribution < -0.4 is 10.6 Å². The van der Waals surface area contributed by atoms with Crippen LogP contribution in [0, 0.1) is 12.8 Å². The van der Waals surface area contributed by atoms with Crippen molar-refractivity contribution in [2.24, 2.45) is 5.92 Å². The number of anilines is 1. The molecule has 104 valence electrons. The van der Waals surface area contributed by atoms with Gasteiger partial charge in [0.25, 0.3) is 0 Å². The summed E-state index contributed by atoms with van der Waals surface area (Å²) < 4.78 is 0. The van der Waals surface area contributed by atoms with Crippen LogP contribution in [0.25, 0.3) is 0 Å². The van der Waals surface area contributed by atoms with Crippen LogP contribution in [0.1, 0.15) is 25.8 Å². The highest BCUT2D eigenvalue weighted by Crippen LogP contribution is 2.11. The molecule has 19 heavy (non-hydrogen) atoms. The number of carbonyl (C=O) groups excluding carboxylic acids is 1. The minimum atomic E-state index is -1.04. The summed E-state index contributed by atoms with van der Waals surface area (Å²) in [6.45, 7) is 5.64. The first-order valence-corrected chi connectivity index (χ1v) is 6.11. The molecule has 0 bridgehead atoms. The highest BCUT2D eigenvalue weighted by Gasteiger charge is 2.21. The predicted molar refractivity (Wildman–Crippen MR) is 72.0 cm³/mol. The third-order valence-electron chi connectivity index (χ3n) is 2.60. The van der Waals surface area contributed by atoms with E-state index in [1.54, 1.807) is 12.3 Å². The van der Waals surface area contributed by atoms with E-state index in [-0.39, 0.29) is 5.92 Å². The van der Waals surface area contributed by atoms with Crippen molar-refractivity contribution in [3.8, 4) is 0 Å². The summed E-state index contributed by atoms with van der Waals surface area (Å²) in [6, 6.07) is 0.333. The van der Waals surface area contributed by atoms with E-state index in [0.29, 0.717) is 12.1 Å². The van der Waals surface area contributed by atoms with Crippen molar-refractivity contribution in [3.63, 3.8) is 0 Å². The van der Waals surface area contributed by atoms with Crippen molar-refractivity contribution in [3.05, 3.63) is 24.0 Å². The fourth-order valence-corrected chi connectivity index (χ4v) is 1.60. The number of rotatable bonds is 5. The number of amides is 2. The Morgan fingerprint density at radius 1 is 1.42 bits per heavy atom. The maximum Gasteiger partial charge on any atom is 0.326 e. The highest BCUT2D eigenvalue weighted by atomic mass is 16.4. The van der Waals surface area contributed by atoms with Crippen LogP contribution in [-0.4, -0.2) is 28.1 Å². The van der Waals surface area contributed by atoms with Gasteiger partial charge in [-0.15, -0.1) is 0 Å². The van der Waals surface area contributed by atoms with E-state index in [0.717, 1.165) is 5.56 Å². The summed E-state index contributed by atoms with van der Waals surface area (Å²) in [7, 11) is 0. The van der Waals surface area contributed by atoms with Crippen molar-refractivity contribution >= 4 is 17.7 Å². The van der Waals surface area contributed by atoms with E-state index in [1.165, 1.54) is 6.20 Å². The van der Waals surface area contributed by atoms with Gasteiger partial charge in [0.1, 0.15) is 6.04 Å². The molecule has 0 aliphatic rings. The van der Waals surface area contributed by atoms with E-state index < -0.39 is 18.0 Å². The summed E-state index contributed by atoms with van der Waals surface area (Å²) in [6.07, 6.45) is 3.53. The minimum Gasteiger partial charge on any atom is -0.480 e. The minimum absolute atomic E-state index is 0.182. The highest BCUT2D eigenvalue weighted by molar-refractivity contribution is 5.92. The lowest BCUT2D eigenvalue weighted by atomic mass is 10.0. The van der Waals surface area contributed by atoms with Crippen LogP contribution in [0.3, 0.4) is 0 Å². The zero-order valence-electron chi connectivity index (χ0n) is 11.3. The van der Waals surface area contributed by atoms with Gasteiger partial charge < -0.3 is 15.7 Å². The van der Waals surface area contributed by atoms with Gasteiger partial charge in [-0.2, -0.15) is 0 Å². The second-order valence-corrected chi connectivity index (χ2v) is 4.81. The van der Waals surface area contributed by atoms with Crippen molar-refractivity contribution in [1.29, 1.82) is 0 Å². The quantitative estimate of drug-likeness (QED) is 0.759. The van der Waals surface area contributed by atoms with Gasteiger partial charge in [-0.25, -0.2) is 9.59 Å². The second-order valence-electron chi connectivity index (χ2n) is 4.81. The average molecular weight is 265 g/mol. The fraction of sp³-hybridized carbons (Fsp3) is 0.462. The zero-order chi connectivity index (χ0) is 14.4. The molecule has 0 aliphatic heterocycles. The number of nitrogens with one attached hydrogen (secondary N) is 2. The van der Waals surface area contributed by atoms with Gasteiger partial charge in [-0.05, 0) is 30.9 Å². The standard InChI is InChI=1S/C13H19N3O3/c1-8(2)6-10(12(17)18)15-13(19)16-11-7-14-5-4-9(11)3/h4-5,7-8,10H,6H2,1-3H3,(H,17,18)(H2,15,16,19)/t10-/m0/s1. The molecule has 0 aliphatic carbocycles. The van der Waals surface area contributed by atoms with Gasteiger partial charge in [0.2, 0.25) is 0 Å². The third-order valence-corrected chi connectivity index (χ3v) is 2.60. The molecule has 1 rings (SSSR count). The van der Waals surface area contributed by atoms with Gasteiger partial charge in [-0.3, -0.25) is 4.98 Å². The number of aryl methyl sites for hydroxylation is 1. The van der Waals surface area contributed by atoms with E-state index in [4.69, 9.17) is 5.11 Å². The first-order valence-electron chi connectivity index (χ1n) is 6.11. The molecule has 0 fully saturated rings. The Kier molecular flexibility index (Phi) is 5.29. The normalized spacial score (nSPS) is 12.0. The lowest BCUT2D eigenvalue weighted by Gasteiger charge is -2.17. The zero-order valence-corrected chi connectivity index (χ0v) is 11.3. The van der Waals surface area contributed by atoms with Gasteiger partial charge >= 0.3 is 12.0 Å². The van der Waals surface area contributed by atoms with E-state index >= 15 is 0 Å². The van der Waals surface area contributed by atoms with E-state index in [1.807, 2.05) is 20.8 Å². The average Bonchev–Trinajstić information content (AvgIpc) is 2.30. The van der Waals surface area contributed by atoms with Crippen molar-refractivity contribution < 1.29 is 14.7 Å². The summed E-state index contributed by atoms with van der Waals surface area (Å²) in [5, 5.41) is 14.1. The predicted octanol–water partition coefficient (Wildman–Crippen LogP) is 2.01. The number of carboxylic acids is 1. The number of hydrogen-bond donors (Lipinski definition) is 3. The van der Waals surface area contributed by atoms with Gasteiger partial charge in [0.05, 0.1) is 11.9 Å². The molecular weight excluding hydrogens is 246 g/mol. The molecule has 0 radical (unpaired) electrons. The number of pyridine rings is 1. The fourth-order valence-electron chi connectivity index (χ4n) is 1.60. The van der Waals surface area contributed by atoms with Crippen LogP contribution in [-0.2, 0) is 4.79 Å². The largest absolute Gasteiger partial charge is 0.480 e. The van der Waals surface area contributed by atoms with Crippen molar-refractivity contribution in [2.45, 2.75) is 33.2 Å². The summed E-state index contributed by atoms with van der Waals surface area (Å²) >= 11 is 0. The molecular formula is C13H19N3O3. The molecule has 0 unspecified atom stereocenters. The van der Waals surface area contributed by atoms with Crippen molar-refractivity contribution in [2.75, 3.05) is 5.32 Å². The monoisotopic (exact) mass is 265 g/mol. The van der Waals surface area contributed by atoms with Gasteiger partial charge in [0.15, 0.2) is 0 Å². The SMILES string of the molecule is Cc1ccncc1NC(=O)N[C@@H](CC(C)C)C(=O)O. The van der Waals surface area contributed by atoms with E-state index in [2.05, 4.69) is 15.6 Å². The molecule has 6 nitrogen and oxygen atoms in total. The molecule has 0 saturated heterocycles. The molecule has 1 atom stereocenters. The maximum atomic E-state index is 11.7. The lowest BCUT2D eigenvalue weighted by molar-refractivity contribution is -0.139. The number of carboxylic acid groups (broad SMARTS) is 1. The molecule has 1 heterocycles. The molecule has 1 aromatic rings. The molecule has 3 N–H and O–H groups in total. The number of carbonyl (C=O) groups is 2. The van der Waals surface area contributed by atoms with Crippen LogP contribution in [0.5, 0.6) is 0 Å². The molecule has 1 aromatic heterocycles. The van der Waals surface area contributed by atoms with Crippen LogP contribution >= 0.6 is 0 Å². The van der Waals surface area contributed by atoms with Gasteiger partial charge in [-0.1, -0.05) is 13.8 Å². The molecule has 0 saturated carbocycles. The summed E-state index contributed by atoms with van der Waals surface area (Å²) in [5.74, 6) is -0.853. The third kappa shape index (κ3) is 4.95. The topological polar surface area (TPSA) is 91.3 Å². The lowest BCUT2D eigenvalue weighted by Crippen LogP contribution is -2.43. The Morgan fingerprint density at radius 3 is 2.63 bits per heavy atom. The maximum absolute atomic E-state index is 11.7. The second kappa shape index (κ2) is 6.72. The summed E-state index contributed by atoms with van der Waals surface area (Å²) in [5.41, 5.74) is 1.43. The van der Waals surface area contributed by atoms with Crippen LogP contribution in [0.4, 0.5) is 10.5 Å². The van der Waals surface area contributed by atoms with E-state index in [9.17, 15) is 9.59 Å². The first kappa shape index (κ1) is 14.9. The molecule has 6 heteroatoms. The Bertz CT molecular complexity index is 460. The number of hydrogen-bond acceptors (Lipinski definition) is 3. The number of nitrogens with zero attached hydrogens (tertiary/aromatic N) is 1. The smallest absolute Gasteiger partial charge is 0.326 e. The Hall–Kier alpha value is -2.11. The number of aromatic nitrogens is 1. The first-order chi connectivity index (χ1) is 8.90.